The molecular formula is C10H6Cl2F2. The van der Waals surface area contributed by atoms with Crippen LogP contribution in [0.5, 0.6) is 0 Å². The van der Waals surface area contributed by atoms with Crippen LogP contribution in [0.1, 0.15) is 12.0 Å². The molecule has 0 amide bonds. The zero-order valence-electron chi connectivity index (χ0n) is 7.08. The third-order valence-electron chi connectivity index (χ3n) is 1.44. The first-order chi connectivity index (χ1) is 6.65. The van der Waals surface area contributed by atoms with Crippen LogP contribution in [-0.2, 0) is 0 Å². The van der Waals surface area contributed by atoms with Crippen LogP contribution in [0.25, 0.3) is 0 Å². The number of rotatable bonds is 1. The molecule has 4 heteroatoms. The predicted molar refractivity (Wildman–Crippen MR) is 53.6 cm³/mol. The second-order valence-electron chi connectivity index (χ2n) is 2.49. The highest BCUT2D eigenvalue weighted by Gasteiger charge is 2.06. The summed E-state index contributed by atoms with van der Waals surface area (Å²) in [4.78, 5) is 0. The maximum absolute atomic E-state index is 12.9. The SMILES string of the molecule is Fc1cc(C#CCCCl)cc(F)c1Cl. The van der Waals surface area contributed by atoms with E-state index in [4.69, 9.17) is 23.2 Å². The molecule has 0 saturated carbocycles. The highest BCUT2D eigenvalue weighted by Crippen LogP contribution is 2.19. The maximum atomic E-state index is 12.9. The molecule has 0 saturated heterocycles. The van der Waals surface area contributed by atoms with E-state index in [9.17, 15) is 8.78 Å². The first-order valence-electron chi connectivity index (χ1n) is 3.84. The lowest BCUT2D eigenvalue weighted by atomic mass is 10.2. The molecule has 0 unspecified atom stereocenters. The van der Waals surface area contributed by atoms with Gasteiger partial charge in [0.15, 0.2) is 0 Å². The second kappa shape index (κ2) is 5.19. The Hall–Kier alpha value is -0.780. The van der Waals surface area contributed by atoms with Gasteiger partial charge in [0.05, 0.1) is 0 Å². The Morgan fingerprint density at radius 1 is 1.21 bits per heavy atom. The summed E-state index contributed by atoms with van der Waals surface area (Å²) in [6, 6.07) is 2.18. The second-order valence-corrected chi connectivity index (χ2v) is 3.25. The molecule has 0 aliphatic rings. The van der Waals surface area contributed by atoms with Crippen LogP contribution in [0.2, 0.25) is 5.02 Å². The molecular weight excluding hydrogens is 229 g/mol. The molecule has 14 heavy (non-hydrogen) atoms. The molecule has 1 aromatic rings. The van der Waals surface area contributed by atoms with Gasteiger partial charge in [-0.05, 0) is 12.1 Å². The van der Waals surface area contributed by atoms with E-state index in [1.807, 2.05) is 0 Å². The van der Waals surface area contributed by atoms with Gasteiger partial charge in [0, 0.05) is 17.9 Å². The van der Waals surface area contributed by atoms with Crippen molar-refractivity contribution in [3.8, 4) is 11.8 Å². The Bertz CT molecular complexity index is 368. The van der Waals surface area contributed by atoms with Crippen molar-refractivity contribution in [2.24, 2.45) is 0 Å². The van der Waals surface area contributed by atoms with Crippen molar-refractivity contribution < 1.29 is 8.78 Å². The average molecular weight is 235 g/mol. The average Bonchev–Trinajstić information content (AvgIpc) is 2.14. The van der Waals surface area contributed by atoms with Gasteiger partial charge in [-0.25, -0.2) is 8.78 Å². The number of benzene rings is 1. The fourth-order valence-corrected chi connectivity index (χ4v) is 1.04. The van der Waals surface area contributed by atoms with Gasteiger partial charge < -0.3 is 0 Å². The third kappa shape index (κ3) is 2.87. The summed E-state index contributed by atoms with van der Waals surface area (Å²) in [5, 5.41) is -0.507. The quantitative estimate of drug-likeness (QED) is 0.396. The smallest absolute Gasteiger partial charge is 0.146 e. The maximum Gasteiger partial charge on any atom is 0.146 e. The minimum atomic E-state index is -0.804. The molecule has 0 nitrogen and oxygen atoms in total. The Morgan fingerprint density at radius 2 is 1.79 bits per heavy atom. The van der Waals surface area contributed by atoms with E-state index in [0.29, 0.717) is 12.3 Å². The normalized spacial score (nSPS) is 9.43. The molecule has 1 rings (SSSR count). The first kappa shape index (κ1) is 11.3. The van der Waals surface area contributed by atoms with Crippen LogP contribution in [0.4, 0.5) is 8.78 Å². The highest BCUT2D eigenvalue weighted by molar-refractivity contribution is 6.30. The van der Waals surface area contributed by atoms with E-state index >= 15 is 0 Å². The lowest BCUT2D eigenvalue weighted by Gasteiger charge is -1.96. The van der Waals surface area contributed by atoms with Gasteiger partial charge in [-0.2, -0.15) is 0 Å². The van der Waals surface area contributed by atoms with Crippen molar-refractivity contribution in [1.82, 2.24) is 0 Å². The topological polar surface area (TPSA) is 0 Å². The fourth-order valence-electron chi connectivity index (χ4n) is 0.839. The molecule has 74 valence electrons. The van der Waals surface area contributed by atoms with Gasteiger partial charge >= 0.3 is 0 Å². The molecule has 0 fully saturated rings. The molecule has 0 aromatic heterocycles. The van der Waals surface area contributed by atoms with Crippen LogP contribution >= 0.6 is 23.2 Å². The summed E-state index contributed by atoms with van der Waals surface area (Å²) in [7, 11) is 0. The third-order valence-corrected chi connectivity index (χ3v) is 1.99. The van der Waals surface area contributed by atoms with Crippen LogP contribution in [0, 0.1) is 23.5 Å². The number of alkyl halides is 1. The first-order valence-corrected chi connectivity index (χ1v) is 4.75. The van der Waals surface area contributed by atoms with Crippen molar-refractivity contribution in [2.75, 3.05) is 5.88 Å². The lowest BCUT2D eigenvalue weighted by Crippen LogP contribution is -1.86. The summed E-state index contributed by atoms with van der Waals surface area (Å²) in [5.41, 5.74) is 0.259. The Kier molecular flexibility index (Phi) is 4.19. The summed E-state index contributed by atoms with van der Waals surface area (Å²) in [5.74, 6) is 4.03. The predicted octanol–water partition coefficient (Wildman–Crippen LogP) is 3.60. The monoisotopic (exact) mass is 234 g/mol. The molecule has 0 aliphatic carbocycles. The summed E-state index contributed by atoms with van der Waals surface area (Å²) < 4.78 is 25.8. The van der Waals surface area contributed by atoms with Gasteiger partial charge in [0.25, 0.3) is 0 Å². The lowest BCUT2D eigenvalue weighted by molar-refractivity contribution is 0.583. The van der Waals surface area contributed by atoms with Crippen LogP contribution in [-0.4, -0.2) is 5.88 Å². The number of halogens is 4. The molecule has 0 N–H and O–H groups in total. The molecule has 0 heterocycles. The Balaban J connectivity index is 2.97. The van der Waals surface area contributed by atoms with Gasteiger partial charge in [0.2, 0.25) is 0 Å². The molecule has 0 aliphatic heterocycles. The highest BCUT2D eigenvalue weighted by atomic mass is 35.5. The van der Waals surface area contributed by atoms with E-state index in [-0.39, 0.29) is 5.56 Å². The number of hydrogen-bond donors (Lipinski definition) is 0. The van der Waals surface area contributed by atoms with Gasteiger partial charge in [-0.1, -0.05) is 23.4 Å². The van der Waals surface area contributed by atoms with Crippen LogP contribution in [0.3, 0.4) is 0 Å². The summed E-state index contributed by atoms with van der Waals surface area (Å²) >= 11 is 10.7. The Morgan fingerprint density at radius 3 is 2.29 bits per heavy atom. The largest absolute Gasteiger partial charge is 0.205 e. The molecule has 0 atom stereocenters. The van der Waals surface area contributed by atoms with Crippen molar-refractivity contribution in [1.29, 1.82) is 0 Å². The molecule has 0 bridgehead atoms. The summed E-state index contributed by atoms with van der Waals surface area (Å²) in [6.45, 7) is 0. The fraction of sp³-hybridized carbons (Fsp3) is 0.200. The van der Waals surface area contributed by atoms with E-state index in [1.165, 1.54) is 0 Å². The van der Waals surface area contributed by atoms with Gasteiger partial charge in [-0.15, -0.1) is 11.6 Å². The zero-order chi connectivity index (χ0) is 10.6. The molecule has 0 spiro atoms. The zero-order valence-corrected chi connectivity index (χ0v) is 8.59. The van der Waals surface area contributed by atoms with E-state index < -0.39 is 16.7 Å². The minimum absolute atomic E-state index is 0.259. The Labute approximate surface area is 90.8 Å². The summed E-state index contributed by atoms with van der Waals surface area (Å²) in [6.07, 6.45) is 0.480. The van der Waals surface area contributed by atoms with Gasteiger partial charge in [-0.3, -0.25) is 0 Å². The van der Waals surface area contributed by atoms with Crippen molar-refractivity contribution >= 4 is 23.2 Å². The number of hydrogen-bond acceptors (Lipinski definition) is 0. The van der Waals surface area contributed by atoms with Gasteiger partial charge in [0.1, 0.15) is 16.7 Å². The van der Waals surface area contributed by atoms with E-state index in [2.05, 4.69) is 11.8 Å². The van der Waals surface area contributed by atoms with Crippen molar-refractivity contribution in [3.05, 3.63) is 34.4 Å². The standard InChI is InChI=1S/C10H6Cl2F2/c11-4-2-1-3-7-5-8(13)10(12)9(14)6-7/h5-6H,2,4H2. The van der Waals surface area contributed by atoms with Crippen molar-refractivity contribution in [3.63, 3.8) is 0 Å². The van der Waals surface area contributed by atoms with Crippen molar-refractivity contribution in [2.45, 2.75) is 6.42 Å². The van der Waals surface area contributed by atoms with E-state index in [0.717, 1.165) is 12.1 Å². The molecule has 0 radical (unpaired) electrons. The van der Waals surface area contributed by atoms with Crippen LogP contribution in [0.15, 0.2) is 12.1 Å². The molecule has 1 aromatic carbocycles. The van der Waals surface area contributed by atoms with Crippen LogP contribution < -0.4 is 0 Å². The van der Waals surface area contributed by atoms with E-state index in [1.54, 1.807) is 0 Å². The minimum Gasteiger partial charge on any atom is -0.205 e.